The predicted molar refractivity (Wildman–Crippen MR) is 381 cm³/mol. The Kier molecular flexibility index (Phi) is 15.5. The van der Waals surface area contributed by atoms with Crippen LogP contribution < -0.4 is 5.46 Å². The van der Waals surface area contributed by atoms with E-state index in [1.165, 1.54) is 25.9 Å². The molecule has 0 unspecified atom stereocenters. The van der Waals surface area contributed by atoms with Crippen LogP contribution in [0.2, 0.25) is 5.28 Å². The maximum atomic E-state index is 6.42. The second-order valence-electron chi connectivity index (χ2n) is 23.4. The summed E-state index contributed by atoms with van der Waals surface area (Å²) in [6, 6.07) is 90.5. The highest BCUT2D eigenvalue weighted by molar-refractivity contribution is 7.27. The van der Waals surface area contributed by atoms with Crippen LogP contribution in [0.1, 0.15) is 27.7 Å². The van der Waals surface area contributed by atoms with E-state index >= 15 is 0 Å². The Morgan fingerprint density at radius 2 is 0.620 bits per heavy atom. The highest BCUT2D eigenvalue weighted by atomic mass is 35.5. The van der Waals surface area contributed by atoms with Gasteiger partial charge < -0.3 is 9.31 Å². The summed E-state index contributed by atoms with van der Waals surface area (Å²) in [7, 11) is -0.400. The third-order valence-corrected chi connectivity index (χ3v) is 19.5. The van der Waals surface area contributed by atoms with Crippen molar-refractivity contribution in [2.75, 3.05) is 0 Å². The average Bonchev–Trinajstić information content (AvgIpc) is 1.56. The quantitative estimate of drug-likeness (QED) is 0.136. The fraction of sp³-hybridized carbons (Fsp3) is 0.0769. The van der Waals surface area contributed by atoms with Gasteiger partial charge in [-0.05, 0) is 85.8 Å². The summed E-state index contributed by atoms with van der Waals surface area (Å²) in [6.07, 6.45) is 0. The molecule has 0 amide bonds. The van der Waals surface area contributed by atoms with Gasteiger partial charge in [0.1, 0.15) is 0 Å². The number of thiophene rings is 2. The molecule has 10 nitrogen and oxygen atoms in total. The molecule has 1 aliphatic rings. The van der Waals surface area contributed by atoms with Crippen LogP contribution in [0.3, 0.4) is 0 Å². The molecule has 14 heteroatoms. The lowest BCUT2D eigenvalue weighted by Gasteiger charge is -2.32. The Labute approximate surface area is 545 Å². The normalized spacial score (nSPS) is 13.3. The number of hydrogen-bond acceptors (Lipinski definition) is 12. The van der Waals surface area contributed by atoms with Gasteiger partial charge in [0.05, 0.1) is 42.7 Å². The second kappa shape index (κ2) is 24.5. The molecule has 17 rings (SSSR count). The van der Waals surface area contributed by atoms with Crippen molar-refractivity contribution in [3.05, 3.63) is 272 Å². The topological polar surface area (TPSA) is 122 Å². The van der Waals surface area contributed by atoms with E-state index in [-0.39, 0.29) is 16.5 Å². The van der Waals surface area contributed by atoms with Crippen LogP contribution in [0.25, 0.3) is 142 Å². The molecule has 0 atom stereocenters. The van der Waals surface area contributed by atoms with Gasteiger partial charge in [0.15, 0.2) is 29.1 Å². The molecule has 0 bridgehead atoms. The minimum absolute atomic E-state index is 0.191. The number of fused-ring (bicyclic) bond motifs is 8. The van der Waals surface area contributed by atoms with Gasteiger partial charge in [-0.3, -0.25) is 0 Å². The molecule has 442 valence electrons. The number of rotatable bonds is 8. The van der Waals surface area contributed by atoms with Crippen LogP contribution in [0.15, 0.2) is 267 Å². The predicted octanol–water partition coefficient (Wildman–Crippen LogP) is 19.9. The largest absolute Gasteiger partial charge is 0.497 e. The van der Waals surface area contributed by atoms with Gasteiger partial charge in [0, 0.05) is 64.2 Å². The number of aromatic nitrogens is 8. The SMILES string of the molecule is CC1(C)OB(c2c3ccccc3nc3c2sc2ccccc23)OC1(C)C.Clc1nc(-c2ccccc2)nc(-c2ccc(-c3ccccc3)cc2)n1.c1ccc(-c2ccc(-c3nc(-c4ccccc4)nc(-c4c5ccccc5nc5c4sc4ccccc45)n3)cc2)cc1. The van der Waals surface area contributed by atoms with E-state index in [4.69, 9.17) is 45.8 Å². The lowest BCUT2D eigenvalue weighted by atomic mass is 9.76. The van der Waals surface area contributed by atoms with Crippen molar-refractivity contribution in [2.45, 2.75) is 38.9 Å². The number of benzene rings is 10. The summed E-state index contributed by atoms with van der Waals surface area (Å²) in [5.41, 5.74) is 13.6. The fourth-order valence-electron chi connectivity index (χ4n) is 11.5. The maximum Gasteiger partial charge on any atom is 0.497 e. The molecule has 6 aromatic heterocycles. The van der Waals surface area contributed by atoms with Crippen molar-refractivity contribution in [3.63, 3.8) is 0 Å². The molecule has 0 radical (unpaired) electrons. The number of nitrogens with zero attached hydrogens (tertiary/aromatic N) is 8. The van der Waals surface area contributed by atoms with E-state index in [1.807, 2.05) is 109 Å². The lowest BCUT2D eigenvalue weighted by molar-refractivity contribution is 0.00578. The highest BCUT2D eigenvalue weighted by Crippen LogP contribution is 2.44. The van der Waals surface area contributed by atoms with Gasteiger partial charge in [-0.1, -0.05) is 243 Å². The third-order valence-electron chi connectivity index (χ3n) is 17.0. The number of para-hydroxylation sites is 2. The molecule has 0 spiro atoms. The first-order valence-corrected chi connectivity index (χ1v) is 32.4. The van der Waals surface area contributed by atoms with Crippen LogP contribution in [-0.4, -0.2) is 58.2 Å². The van der Waals surface area contributed by atoms with Crippen molar-refractivity contribution in [2.24, 2.45) is 0 Å². The van der Waals surface area contributed by atoms with Crippen molar-refractivity contribution in [1.29, 1.82) is 0 Å². The highest BCUT2D eigenvalue weighted by Gasteiger charge is 2.53. The minimum atomic E-state index is -0.400. The van der Waals surface area contributed by atoms with Gasteiger partial charge in [-0.2, -0.15) is 9.97 Å². The first kappa shape index (κ1) is 58.1. The summed E-state index contributed by atoms with van der Waals surface area (Å²) in [6.45, 7) is 8.38. The Hall–Kier alpha value is -10.2. The van der Waals surface area contributed by atoms with Gasteiger partial charge in [0.2, 0.25) is 5.28 Å². The van der Waals surface area contributed by atoms with Gasteiger partial charge in [0.25, 0.3) is 0 Å². The van der Waals surface area contributed by atoms with E-state index in [2.05, 4.69) is 200 Å². The molecule has 1 fully saturated rings. The lowest BCUT2D eigenvalue weighted by Crippen LogP contribution is -2.41. The van der Waals surface area contributed by atoms with Gasteiger partial charge in [-0.25, -0.2) is 29.9 Å². The smallest absolute Gasteiger partial charge is 0.399 e. The molecular weight excluding hydrogens is 1190 g/mol. The fourth-order valence-corrected chi connectivity index (χ4v) is 14.1. The zero-order valence-electron chi connectivity index (χ0n) is 50.6. The molecule has 10 aromatic carbocycles. The molecule has 0 saturated carbocycles. The van der Waals surface area contributed by atoms with Crippen LogP contribution >= 0.6 is 34.3 Å². The number of halogens is 1. The van der Waals surface area contributed by atoms with Gasteiger partial charge in [-0.15, -0.1) is 22.7 Å². The van der Waals surface area contributed by atoms with Crippen LogP contribution in [-0.2, 0) is 9.31 Å². The van der Waals surface area contributed by atoms with E-state index in [1.54, 1.807) is 22.7 Å². The monoisotopic (exact) mass is 1250 g/mol. The summed E-state index contributed by atoms with van der Waals surface area (Å²) in [5.74, 6) is 3.08. The van der Waals surface area contributed by atoms with Crippen molar-refractivity contribution < 1.29 is 9.31 Å². The van der Waals surface area contributed by atoms with Crippen molar-refractivity contribution in [1.82, 2.24) is 39.9 Å². The number of pyridine rings is 2. The van der Waals surface area contributed by atoms with Crippen molar-refractivity contribution >= 4 is 109 Å². The van der Waals surface area contributed by atoms with Crippen LogP contribution in [0.5, 0.6) is 0 Å². The minimum Gasteiger partial charge on any atom is -0.399 e. The third kappa shape index (κ3) is 11.4. The molecule has 0 aliphatic carbocycles. The first-order valence-electron chi connectivity index (χ1n) is 30.3. The second-order valence-corrected chi connectivity index (χ2v) is 25.8. The Morgan fingerprint density at radius 3 is 1.09 bits per heavy atom. The Morgan fingerprint density at radius 1 is 0.304 bits per heavy atom. The van der Waals surface area contributed by atoms with E-state index in [0.717, 1.165) is 92.0 Å². The standard InChI is InChI=1S/C36H22N4S.C21H20BNO2S.C21H14ClN3/c1-3-11-23(12-4-1)24-19-21-26(22-20-24)35-38-34(25-13-5-2-6-14-25)39-36(40-35)31-27-15-7-9-17-29(27)37-32-28-16-8-10-18-30(28)41-33(31)32;1-20(2)21(3,4)25-22(24-20)17-13-9-5-7-11-15(13)23-18-14-10-6-8-12-16(14)26-19(17)18;22-21-24-19(17-9-5-2-6-10-17)23-20(25-21)18-13-11-16(12-14-18)15-7-3-1-4-8-15/h1-22H;5-12H,1-4H3;1-14H. The summed E-state index contributed by atoms with van der Waals surface area (Å²) < 4.78 is 17.5. The molecule has 92 heavy (non-hydrogen) atoms. The molecule has 1 saturated heterocycles. The average molecular weight is 1250 g/mol. The zero-order valence-corrected chi connectivity index (χ0v) is 53.0. The Bertz CT molecular complexity index is 5360. The summed E-state index contributed by atoms with van der Waals surface area (Å²) >= 11 is 9.62. The maximum absolute atomic E-state index is 6.42. The van der Waals surface area contributed by atoms with Crippen LogP contribution in [0.4, 0.5) is 0 Å². The molecule has 0 N–H and O–H groups in total. The Balaban J connectivity index is 0.000000120. The summed E-state index contributed by atoms with van der Waals surface area (Å²) in [4.78, 5) is 38.3. The first-order chi connectivity index (χ1) is 45.0. The molecule has 1 aliphatic heterocycles. The summed E-state index contributed by atoms with van der Waals surface area (Å²) in [5, 5.41) is 4.66. The zero-order chi connectivity index (χ0) is 62.3. The van der Waals surface area contributed by atoms with E-state index in [9.17, 15) is 0 Å². The van der Waals surface area contributed by atoms with Gasteiger partial charge >= 0.3 is 7.12 Å². The van der Waals surface area contributed by atoms with E-state index < -0.39 is 7.12 Å². The molecule has 7 heterocycles. The molecule has 16 aromatic rings. The van der Waals surface area contributed by atoms with Crippen LogP contribution in [0, 0.1) is 0 Å². The molecular formula is C78H56BClN8O2S2. The number of hydrogen-bond donors (Lipinski definition) is 0. The van der Waals surface area contributed by atoms with E-state index in [0.29, 0.717) is 29.1 Å². The van der Waals surface area contributed by atoms with Crippen molar-refractivity contribution in [3.8, 4) is 79.2 Å².